The van der Waals surface area contributed by atoms with Crippen LogP contribution in [0.1, 0.15) is 24.2 Å². The summed E-state index contributed by atoms with van der Waals surface area (Å²) < 4.78 is 0. The van der Waals surface area contributed by atoms with Gasteiger partial charge in [-0.05, 0) is 24.6 Å². The molecule has 6 heteroatoms. The molecule has 96 valence electrons. The van der Waals surface area contributed by atoms with Crippen LogP contribution in [0.4, 0.5) is 0 Å². The Morgan fingerprint density at radius 1 is 1.22 bits per heavy atom. The molecule has 2 N–H and O–H groups in total. The highest BCUT2D eigenvalue weighted by Crippen LogP contribution is 2.35. The van der Waals surface area contributed by atoms with E-state index in [1.807, 2.05) is 19.1 Å². The summed E-state index contributed by atoms with van der Waals surface area (Å²) in [5, 5.41) is 11.5. The van der Waals surface area contributed by atoms with Gasteiger partial charge in [0.25, 0.3) is 0 Å². The maximum absolute atomic E-state index is 6.18. The molecule has 0 saturated carbocycles. The van der Waals surface area contributed by atoms with Crippen LogP contribution in [0.3, 0.4) is 0 Å². The van der Waals surface area contributed by atoms with Gasteiger partial charge in [-0.15, -0.1) is 0 Å². The topological polar surface area (TPSA) is 40.7 Å². The molecular weight excluding hydrogens is 293 g/mol. The molecule has 0 fully saturated rings. The number of nitrogens with zero attached hydrogens (tertiary/aromatic N) is 1. The largest absolute Gasteiger partial charge is 0.305 e. The summed E-state index contributed by atoms with van der Waals surface area (Å²) in [6.07, 6.45) is 1.72. The van der Waals surface area contributed by atoms with Gasteiger partial charge in [-0.3, -0.25) is 5.10 Å². The SMILES string of the molecule is CC(NCc1ccn[nH]1)c1ccc(Cl)c(Cl)c1Cl. The van der Waals surface area contributed by atoms with Crippen LogP contribution >= 0.6 is 34.8 Å². The lowest BCUT2D eigenvalue weighted by molar-refractivity contribution is 0.567. The highest BCUT2D eigenvalue weighted by atomic mass is 35.5. The third-order valence-corrected chi connectivity index (χ3v) is 4.00. The second-order valence-corrected chi connectivity index (χ2v) is 5.11. The molecule has 3 nitrogen and oxygen atoms in total. The fourth-order valence-electron chi connectivity index (χ4n) is 1.63. The van der Waals surface area contributed by atoms with E-state index in [2.05, 4.69) is 15.5 Å². The van der Waals surface area contributed by atoms with Crippen LogP contribution < -0.4 is 5.32 Å². The first-order valence-electron chi connectivity index (χ1n) is 5.44. The lowest BCUT2D eigenvalue weighted by Crippen LogP contribution is -2.18. The molecule has 0 bridgehead atoms. The summed E-state index contributed by atoms with van der Waals surface area (Å²) in [5.74, 6) is 0. The van der Waals surface area contributed by atoms with Gasteiger partial charge in [0.2, 0.25) is 0 Å². The fourth-order valence-corrected chi connectivity index (χ4v) is 2.34. The number of aromatic amines is 1. The van der Waals surface area contributed by atoms with Crippen molar-refractivity contribution in [3.8, 4) is 0 Å². The molecule has 1 aromatic heterocycles. The minimum absolute atomic E-state index is 0.0653. The van der Waals surface area contributed by atoms with E-state index in [1.54, 1.807) is 12.3 Å². The number of H-pyrrole nitrogens is 1. The summed E-state index contributed by atoms with van der Waals surface area (Å²) in [6, 6.07) is 5.60. The molecular formula is C12H12Cl3N3. The summed E-state index contributed by atoms with van der Waals surface area (Å²) in [5.41, 5.74) is 1.93. The van der Waals surface area contributed by atoms with E-state index in [1.165, 1.54) is 0 Å². The van der Waals surface area contributed by atoms with Crippen molar-refractivity contribution in [3.05, 3.63) is 50.7 Å². The number of halogens is 3. The number of hydrogen-bond donors (Lipinski definition) is 2. The van der Waals surface area contributed by atoms with E-state index in [-0.39, 0.29) is 6.04 Å². The normalized spacial score (nSPS) is 12.7. The molecule has 0 amide bonds. The van der Waals surface area contributed by atoms with E-state index in [0.29, 0.717) is 21.6 Å². The van der Waals surface area contributed by atoms with Crippen molar-refractivity contribution in [2.45, 2.75) is 19.5 Å². The molecule has 2 rings (SSSR count). The van der Waals surface area contributed by atoms with E-state index < -0.39 is 0 Å². The van der Waals surface area contributed by atoms with Gasteiger partial charge in [-0.25, -0.2) is 0 Å². The number of aromatic nitrogens is 2. The minimum Gasteiger partial charge on any atom is -0.305 e. The third-order valence-electron chi connectivity index (χ3n) is 2.69. The van der Waals surface area contributed by atoms with Crippen molar-refractivity contribution in [3.63, 3.8) is 0 Å². The number of benzene rings is 1. The van der Waals surface area contributed by atoms with Crippen LogP contribution in [0.2, 0.25) is 15.1 Å². The molecule has 0 saturated heterocycles. The van der Waals surface area contributed by atoms with E-state index in [0.717, 1.165) is 11.3 Å². The molecule has 1 heterocycles. The molecule has 0 aliphatic heterocycles. The van der Waals surface area contributed by atoms with Gasteiger partial charge in [-0.1, -0.05) is 40.9 Å². The second-order valence-electron chi connectivity index (χ2n) is 3.95. The first-order valence-corrected chi connectivity index (χ1v) is 6.58. The minimum atomic E-state index is 0.0653. The van der Waals surface area contributed by atoms with Gasteiger partial charge in [0, 0.05) is 24.5 Å². The van der Waals surface area contributed by atoms with Gasteiger partial charge in [0.15, 0.2) is 0 Å². The van der Waals surface area contributed by atoms with Crippen molar-refractivity contribution in [1.82, 2.24) is 15.5 Å². The summed E-state index contributed by atoms with van der Waals surface area (Å²) in [7, 11) is 0. The Bertz CT molecular complexity index is 526. The highest BCUT2D eigenvalue weighted by Gasteiger charge is 2.14. The molecule has 0 spiro atoms. The Kier molecular flexibility index (Phi) is 4.51. The molecule has 1 atom stereocenters. The van der Waals surface area contributed by atoms with E-state index in [4.69, 9.17) is 34.8 Å². The van der Waals surface area contributed by atoms with Crippen molar-refractivity contribution in [2.75, 3.05) is 0 Å². The monoisotopic (exact) mass is 303 g/mol. The quantitative estimate of drug-likeness (QED) is 0.830. The smallest absolute Gasteiger partial charge is 0.0781 e. The molecule has 0 aliphatic carbocycles. The molecule has 0 radical (unpaired) electrons. The summed E-state index contributed by atoms with van der Waals surface area (Å²) in [4.78, 5) is 0. The predicted molar refractivity (Wildman–Crippen MR) is 75.3 cm³/mol. The van der Waals surface area contributed by atoms with E-state index >= 15 is 0 Å². The Morgan fingerprint density at radius 3 is 2.67 bits per heavy atom. The zero-order valence-corrected chi connectivity index (χ0v) is 11.9. The van der Waals surface area contributed by atoms with Gasteiger partial charge in [-0.2, -0.15) is 5.10 Å². The average molecular weight is 305 g/mol. The first kappa shape index (κ1) is 13.7. The first-order chi connectivity index (χ1) is 8.59. The van der Waals surface area contributed by atoms with Crippen LogP contribution in [-0.2, 0) is 6.54 Å². The van der Waals surface area contributed by atoms with Crippen LogP contribution in [0, 0.1) is 0 Å². The Labute approximate surface area is 120 Å². The third kappa shape index (κ3) is 2.98. The molecule has 18 heavy (non-hydrogen) atoms. The van der Waals surface area contributed by atoms with E-state index in [9.17, 15) is 0 Å². The van der Waals surface area contributed by atoms with Gasteiger partial charge >= 0.3 is 0 Å². The molecule has 0 aliphatic rings. The van der Waals surface area contributed by atoms with Crippen LogP contribution in [0.25, 0.3) is 0 Å². The lowest BCUT2D eigenvalue weighted by Gasteiger charge is -2.16. The van der Waals surface area contributed by atoms with Crippen molar-refractivity contribution < 1.29 is 0 Å². The van der Waals surface area contributed by atoms with Crippen molar-refractivity contribution >= 4 is 34.8 Å². The summed E-state index contributed by atoms with van der Waals surface area (Å²) in [6.45, 7) is 2.69. The zero-order chi connectivity index (χ0) is 13.1. The maximum Gasteiger partial charge on any atom is 0.0781 e. The van der Waals surface area contributed by atoms with Gasteiger partial charge < -0.3 is 5.32 Å². The lowest BCUT2D eigenvalue weighted by atomic mass is 10.1. The van der Waals surface area contributed by atoms with Gasteiger partial charge in [0.05, 0.1) is 15.1 Å². The number of nitrogens with one attached hydrogen (secondary N) is 2. The average Bonchev–Trinajstić information content (AvgIpc) is 2.86. The second kappa shape index (κ2) is 5.93. The molecule has 1 aromatic carbocycles. The van der Waals surface area contributed by atoms with Crippen LogP contribution in [0.5, 0.6) is 0 Å². The van der Waals surface area contributed by atoms with Gasteiger partial charge in [0.1, 0.15) is 0 Å². The van der Waals surface area contributed by atoms with Crippen molar-refractivity contribution in [1.29, 1.82) is 0 Å². The molecule has 2 aromatic rings. The van der Waals surface area contributed by atoms with Crippen molar-refractivity contribution in [2.24, 2.45) is 0 Å². The van der Waals surface area contributed by atoms with Crippen LogP contribution in [0.15, 0.2) is 24.4 Å². The standard InChI is InChI=1S/C12H12Cl3N3/c1-7(16-6-8-4-5-17-18-8)9-2-3-10(13)12(15)11(9)14/h2-5,7,16H,6H2,1H3,(H,17,18). The summed E-state index contributed by atoms with van der Waals surface area (Å²) >= 11 is 18.1. The number of hydrogen-bond acceptors (Lipinski definition) is 2. The predicted octanol–water partition coefficient (Wildman–Crippen LogP) is 4.22. The zero-order valence-electron chi connectivity index (χ0n) is 9.67. The number of rotatable bonds is 4. The Balaban J connectivity index is 2.09. The fraction of sp³-hybridized carbons (Fsp3) is 0.250. The Morgan fingerprint density at radius 2 is 2.00 bits per heavy atom. The van der Waals surface area contributed by atoms with Crippen LogP contribution in [-0.4, -0.2) is 10.2 Å². The highest BCUT2D eigenvalue weighted by molar-refractivity contribution is 6.48. The Hall–Kier alpha value is -0.740. The molecule has 1 unspecified atom stereocenters. The maximum atomic E-state index is 6.18.